The third kappa shape index (κ3) is 2.08. The summed E-state index contributed by atoms with van der Waals surface area (Å²) < 4.78 is 10.3. The van der Waals surface area contributed by atoms with Gasteiger partial charge in [-0.3, -0.25) is 4.79 Å². The first-order valence-corrected chi connectivity index (χ1v) is 5.26. The highest BCUT2D eigenvalue weighted by Gasteiger charge is 2.15. The molecule has 1 aromatic carbocycles. The molecule has 1 aromatic rings. The average molecular weight is 218 g/mol. The van der Waals surface area contributed by atoms with Gasteiger partial charge in [-0.15, -0.1) is 0 Å². The Labute approximate surface area is 94.7 Å². The molecular formula is C13H14O3. The highest BCUT2D eigenvalue weighted by atomic mass is 16.5. The van der Waals surface area contributed by atoms with E-state index in [0.29, 0.717) is 5.76 Å². The fourth-order valence-corrected chi connectivity index (χ4v) is 1.86. The fourth-order valence-electron chi connectivity index (χ4n) is 1.86. The minimum absolute atomic E-state index is 0.282. The third-order valence-corrected chi connectivity index (χ3v) is 2.57. The lowest BCUT2D eigenvalue weighted by Gasteiger charge is -2.17. The summed E-state index contributed by atoms with van der Waals surface area (Å²) in [6.07, 6.45) is 3.80. The van der Waals surface area contributed by atoms with Gasteiger partial charge in [-0.2, -0.15) is 0 Å². The summed E-state index contributed by atoms with van der Waals surface area (Å²) in [5.41, 5.74) is 2.15. The van der Waals surface area contributed by atoms with Gasteiger partial charge in [0.2, 0.25) is 0 Å². The third-order valence-electron chi connectivity index (χ3n) is 2.57. The molecule has 3 nitrogen and oxygen atoms in total. The molecular weight excluding hydrogens is 204 g/mol. The molecule has 1 aliphatic rings. The molecule has 0 radical (unpaired) electrons. The van der Waals surface area contributed by atoms with Gasteiger partial charge in [0.25, 0.3) is 0 Å². The van der Waals surface area contributed by atoms with Gasteiger partial charge < -0.3 is 9.47 Å². The van der Waals surface area contributed by atoms with Gasteiger partial charge in [0.05, 0.1) is 7.11 Å². The molecule has 16 heavy (non-hydrogen) atoms. The standard InChI is InChI=1S/C13H14O3/c1-9(14)16-13-5-3-4-10-8-11(15-2)6-7-12(10)13/h5-8H,3-4H2,1-2H3. The van der Waals surface area contributed by atoms with Gasteiger partial charge in [-0.05, 0) is 42.7 Å². The maximum Gasteiger partial charge on any atom is 0.308 e. The maximum absolute atomic E-state index is 11.0. The Balaban J connectivity index is 2.35. The quantitative estimate of drug-likeness (QED) is 0.715. The van der Waals surface area contributed by atoms with Gasteiger partial charge in [0.15, 0.2) is 0 Å². The van der Waals surface area contributed by atoms with Crippen molar-refractivity contribution in [3.63, 3.8) is 0 Å². The number of hydrogen-bond donors (Lipinski definition) is 0. The first-order chi connectivity index (χ1) is 7.70. The van der Waals surface area contributed by atoms with E-state index in [4.69, 9.17) is 9.47 Å². The Bertz CT molecular complexity index is 446. The molecule has 0 unspecified atom stereocenters. The van der Waals surface area contributed by atoms with Crippen molar-refractivity contribution in [1.82, 2.24) is 0 Å². The molecule has 0 aromatic heterocycles. The van der Waals surface area contributed by atoms with Crippen LogP contribution >= 0.6 is 0 Å². The van der Waals surface area contributed by atoms with E-state index in [1.54, 1.807) is 7.11 Å². The van der Waals surface area contributed by atoms with E-state index in [1.807, 2.05) is 24.3 Å². The summed E-state index contributed by atoms with van der Waals surface area (Å²) in [6.45, 7) is 1.42. The molecule has 0 amide bonds. The van der Waals surface area contributed by atoms with Crippen molar-refractivity contribution in [3.05, 3.63) is 35.4 Å². The number of carbonyl (C=O) groups excluding carboxylic acids is 1. The van der Waals surface area contributed by atoms with Crippen molar-refractivity contribution in [2.24, 2.45) is 0 Å². The predicted octanol–water partition coefficient (Wildman–Crippen LogP) is 2.55. The largest absolute Gasteiger partial charge is 0.497 e. The van der Waals surface area contributed by atoms with Crippen LogP contribution in [0.15, 0.2) is 24.3 Å². The van der Waals surface area contributed by atoms with Gasteiger partial charge in [-0.1, -0.05) is 0 Å². The number of rotatable bonds is 2. The van der Waals surface area contributed by atoms with E-state index < -0.39 is 0 Å². The van der Waals surface area contributed by atoms with Crippen LogP contribution in [0.2, 0.25) is 0 Å². The summed E-state index contributed by atoms with van der Waals surface area (Å²) in [5.74, 6) is 1.22. The predicted molar refractivity (Wildman–Crippen MR) is 61.1 cm³/mol. The molecule has 0 saturated heterocycles. The molecule has 84 valence electrons. The van der Waals surface area contributed by atoms with E-state index >= 15 is 0 Å². The molecule has 0 fully saturated rings. The Morgan fingerprint density at radius 3 is 2.88 bits per heavy atom. The van der Waals surface area contributed by atoms with Gasteiger partial charge >= 0.3 is 5.97 Å². The molecule has 1 aliphatic carbocycles. The van der Waals surface area contributed by atoms with Crippen LogP contribution in [0.25, 0.3) is 5.76 Å². The van der Waals surface area contributed by atoms with E-state index in [2.05, 4.69) is 0 Å². The minimum Gasteiger partial charge on any atom is -0.497 e. The highest BCUT2D eigenvalue weighted by Crippen LogP contribution is 2.30. The second-order valence-corrected chi connectivity index (χ2v) is 3.72. The molecule has 3 heteroatoms. The van der Waals surface area contributed by atoms with Crippen LogP contribution in [0.4, 0.5) is 0 Å². The molecule has 0 atom stereocenters. The Kier molecular flexibility index (Phi) is 2.95. The van der Waals surface area contributed by atoms with E-state index in [0.717, 1.165) is 29.7 Å². The number of ether oxygens (including phenoxy) is 2. The number of allylic oxidation sites excluding steroid dienone is 1. The summed E-state index contributed by atoms with van der Waals surface area (Å²) in [6, 6.07) is 5.80. The van der Waals surface area contributed by atoms with Gasteiger partial charge in [0.1, 0.15) is 11.5 Å². The lowest BCUT2D eigenvalue weighted by Crippen LogP contribution is -2.05. The van der Waals surface area contributed by atoms with Crippen LogP contribution in [-0.2, 0) is 16.0 Å². The second-order valence-electron chi connectivity index (χ2n) is 3.72. The van der Waals surface area contributed by atoms with Crippen molar-refractivity contribution in [2.45, 2.75) is 19.8 Å². The second kappa shape index (κ2) is 4.39. The zero-order chi connectivity index (χ0) is 11.5. The number of carbonyl (C=O) groups is 1. The molecule has 2 rings (SSSR count). The Hall–Kier alpha value is -1.77. The Morgan fingerprint density at radius 2 is 2.19 bits per heavy atom. The first kappa shape index (κ1) is 10.7. The van der Waals surface area contributed by atoms with Crippen LogP contribution < -0.4 is 4.74 Å². The van der Waals surface area contributed by atoms with Gasteiger partial charge in [0, 0.05) is 12.5 Å². The van der Waals surface area contributed by atoms with E-state index in [9.17, 15) is 4.79 Å². The summed E-state index contributed by atoms with van der Waals surface area (Å²) in [7, 11) is 1.65. The zero-order valence-corrected chi connectivity index (χ0v) is 9.45. The summed E-state index contributed by atoms with van der Waals surface area (Å²) in [5, 5.41) is 0. The monoisotopic (exact) mass is 218 g/mol. The van der Waals surface area contributed by atoms with Gasteiger partial charge in [-0.25, -0.2) is 0 Å². The topological polar surface area (TPSA) is 35.5 Å². The minimum atomic E-state index is -0.282. The fraction of sp³-hybridized carbons (Fsp3) is 0.308. The molecule has 0 saturated carbocycles. The van der Waals surface area contributed by atoms with Crippen LogP contribution in [0.1, 0.15) is 24.5 Å². The highest BCUT2D eigenvalue weighted by molar-refractivity contribution is 5.78. The van der Waals surface area contributed by atoms with E-state index in [-0.39, 0.29) is 5.97 Å². The zero-order valence-electron chi connectivity index (χ0n) is 9.45. The molecule has 0 spiro atoms. The smallest absolute Gasteiger partial charge is 0.308 e. The molecule has 0 bridgehead atoms. The average Bonchev–Trinajstić information content (AvgIpc) is 2.28. The van der Waals surface area contributed by atoms with Crippen molar-refractivity contribution < 1.29 is 14.3 Å². The van der Waals surface area contributed by atoms with Crippen LogP contribution in [0, 0.1) is 0 Å². The number of hydrogen-bond acceptors (Lipinski definition) is 3. The van der Waals surface area contributed by atoms with E-state index in [1.165, 1.54) is 6.92 Å². The molecule has 0 aliphatic heterocycles. The normalized spacial score (nSPS) is 13.8. The van der Waals surface area contributed by atoms with Crippen LogP contribution in [0.5, 0.6) is 5.75 Å². The number of aryl methyl sites for hydroxylation is 1. The van der Waals surface area contributed by atoms with Crippen molar-refractivity contribution in [1.29, 1.82) is 0 Å². The SMILES string of the molecule is COc1ccc2c(c1)CCC=C2OC(C)=O. The van der Waals surface area contributed by atoms with Crippen LogP contribution in [-0.4, -0.2) is 13.1 Å². The number of esters is 1. The molecule has 0 heterocycles. The maximum atomic E-state index is 11.0. The van der Waals surface area contributed by atoms with Crippen molar-refractivity contribution >= 4 is 11.7 Å². The van der Waals surface area contributed by atoms with Crippen molar-refractivity contribution in [3.8, 4) is 5.75 Å². The lowest BCUT2D eigenvalue weighted by molar-refractivity contribution is -0.134. The van der Waals surface area contributed by atoms with Crippen molar-refractivity contribution in [2.75, 3.05) is 7.11 Å². The Morgan fingerprint density at radius 1 is 1.38 bits per heavy atom. The number of fused-ring (bicyclic) bond motifs is 1. The lowest BCUT2D eigenvalue weighted by atomic mass is 9.95. The number of benzene rings is 1. The number of methoxy groups -OCH3 is 1. The summed E-state index contributed by atoms with van der Waals surface area (Å²) >= 11 is 0. The first-order valence-electron chi connectivity index (χ1n) is 5.26. The molecule has 0 N–H and O–H groups in total. The van der Waals surface area contributed by atoms with Crippen LogP contribution in [0.3, 0.4) is 0 Å². The summed E-state index contributed by atoms with van der Waals surface area (Å²) in [4.78, 5) is 11.0.